The fourth-order valence-electron chi connectivity index (χ4n) is 2.07. The van der Waals surface area contributed by atoms with Gasteiger partial charge in [-0.1, -0.05) is 42.5 Å². The van der Waals surface area contributed by atoms with Gasteiger partial charge >= 0.3 is 6.18 Å². The highest BCUT2D eigenvalue weighted by molar-refractivity contribution is 14.0. The molecule has 0 aliphatic heterocycles. The fourth-order valence-corrected chi connectivity index (χ4v) is 2.07. The molecule has 0 aliphatic rings. The van der Waals surface area contributed by atoms with E-state index in [9.17, 15) is 13.2 Å². The van der Waals surface area contributed by atoms with Gasteiger partial charge in [-0.15, -0.1) is 24.0 Å². The molecule has 142 valence electrons. The fraction of sp³-hybridized carbons (Fsp3) is 0.278. The second kappa shape index (κ2) is 10.9. The van der Waals surface area contributed by atoms with Crippen molar-refractivity contribution in [2.24, 2.45) is 10.7 Å². The van der Waals surface area contributed by atoms with E-state index in [0.29, 0.717) is 19.0 Å². The first-order valence-corrected chi connectivity index (χ1v) is 7.78. The number of guanidine groups is 1. The zero-order valence-corrected chi connectivity index (χ0v) is 16.3. The molecule has 2 rings (SSSR count). The third-order valence-corrected chi connectivity index (χ3v) is 3.32. The third-order valence-electron chi connectivity index (χ3n) is 3.32. The smallest absolute Gasteiger partial charge is 0.422 e. The van der Waals surface area contributed by atoms with Gasteiger partial charge in [0, 0.05) is 6.54 Å². The molecule has 0 aliphatic carbocycles. The Morgan fingerprint density at radius 2 is 1.65 bits per heavy atom. The second-order valence-electron chi connectivity index (χ2n) is 5.41. The van der Waals surface area contributed by atoms with E-state index in [0.717, 1.165) is 12.0 Å². The number of hydrogen-bond acceptors (Lipinski definition) is 2. The van der Waals surface area contributed by atoms with Crippen molar-refractivity contribution >= 4 is 29.9 Å². The Balaban J connectivity index is 0.00000338. The molecular weight excluding hydrogens is 458 g/mol. The van der Waals surface area contributed by atoms with Crippen LogP contribution in [0.1, 0.15) is 11.1 Å². The van der Waals surface area contributed by atoms with Crippen LogP contribution in [-0.4, -0.2) is 25.3 Å². The normalized spacial score (nSPS) is 11.6. The molecule has 0 amide bonds. The molecule has 0 saturated heterocycles. The van der Waals surface area contributed by atoms with E-state index >= 15 is 0 Å². The number of hydrogen-bond donors (Lipinski definition) is 2. The van der Waals surface area contributed by atoms with E-state index in [4.69, 9.17) is 5.73 Å². The molecule has 0 bridgehead atoms. The molecule has 0 radical (unpaired) electrons. The maximum absolute atomic E-state index is 12.1. The number of aliphatic imine (C=N–C) groups is 1. The van der Waals surface area contributed by atoms with Crippen molar-refractivity contribution in [3.63, 3.8) is 0 Å². The maximum Gasteiger partial charge on any atom is 0.422 e. The average molecular weight is 479 g/mol. The Labute approximate surface area is 167 Å². The summed E-state index contributed by atoms with van der Waals surface area (Å²) in [5.41, 5.74) is 7.83. The minimum absolute atomic E-state index is 0. The van der Waals surface area contributed by atoms with Crippen LogP contribution >= 0.6 is 24.0 Å². The molecule has 4 nitrogen and oxygen atoms in total. The van der Waals surface area contributed by atoms with Crippen LogP contribution in [0, 0.1) is 0 Å². The Bertz CT molecular complexity index is 676. The molecule has 0 atom stereocenters. The molecule has 3 N–H and O–H groups in total. The van der Waals surface area contributed by atoms with Crippen LogP contribution in [0.4, 0.5) is 13.2 Å². The zero-order chi connectivity index (χ0) is 18.1. The Morgan fingerprint density at radius 3 is 2.27 bits per heavy atom. The number of nitrogens with one attached hydrogen (secondary N) is 1. The van der Waals surface area contributed by atoms with Crippen molar-refractivity contribution in [2.75, 3.05) is 13.2 Å². The van der Waals surface area contributed by atoms with Crippen molar-refractivity contribution in [1.82, 2.24) is 5.32 Å². The lowest BCUT2D eigenvalue weighted by molar-refractivity contribution is -0.153. The summed E-state index contributed by atoms with van der Waals surface area (Å²) < 4.78 is 40.9. The number of nitrogens with zero attached hydrogens (tertiary/aromatic N) is 1. The number of rotatable bonds is 7. The van der Waals surface area contributed by atoms with E-state index < -0.39 is 12.8 Å². The quantitative estimate of drug-likeness (QED) is 0.360. The topological polar surface area (TPSA) is 59.6 Å². The number of nitrogens with two attached hydrogens (primary N) is 1. The minimum Gasteiger partial charge on any atom is -0.484 e. The molecule has 8 heteroatoms. The standard InChI is InChI=1S/C18H20F3N3O.HI/c19-18(20,21)13-25-16-8-6-15(7-9-16)12-24-17(22)23-11-10-14-4-2-1-3-5-14;/h1-9H,10-13H2,(H3,22,23,24);1H. The predicted molar refractivity (Wildman–Crippen MR) is 107 cm³/mol. The summed E-state index contributed by atoms with van der Waals surface area (Å²) in [6.07, 6.45) is -3.51. The largest absolute Gasteiger partial charge is 0.484 e. The van der Waals surface area contributed by atoms with E-state index in [1.54, 1.807) is 12.1 Å². The van der Waals surface area contributed by atoms with Gasteiger partial charge in [-0.25, -0.2) is 4.99 Å². The molecular formula is C18H21F3IN3O. The van der Waals surface area contributed by atoms with Crippen molar-refractivity contribution in [3.8, 4) is 5.75 Å². The number of benzene rings is 2. The number of ether oxygens (including phenoxy) is 1. The first kappa shape index (κ1) is 22.1. The molecule has 0 unspecified atom stereocenters. The van der Waals surface area contributed by atoms with Crippen molar-refractivity contribution in [2.45, 2.75) is 19.1 Å². The Morgan fingerprint density at radius 1 is 1.00 bits per heavy atom. The van der Waals surface area contributed by atoms with Gasteiger partial charge < -0.3 is 15.8 Å². The molecule has 0 aromatic heterocycles. The average Bonchev–Trinajstić information content (AvgIpc) is 2.59. The summed E-state index contributed by atoms with van der Waals surface area (Å²) in [6, 6.07) is 16.3. The number of halogens is 4. The van der Waals surface area contributed by atoms with Crippen molar-refractivity contribution < 1.29 is 17.9 Å². The Hall–Kier alpha value is -1.97. The summed E-state index contributed by atoms with van der Waals surface area (Å²) in [7, 11) is 0. The van der Waals surface area contributed by atoms with Gasteiger partial charge in [-0.3, -0.25) is 0 Å². The number of alkyl halides is 3. The van der Waals surface area contributed by atoms with Crippen LogP contribution in [0.3, 0.4) is 0 Å². The van der Waals surface area contributed by atoms with Gasteiger partial charge in [0.15, 0.2) is 12.6 Å². The van der Waals surface area contributed by atoms with Crippen LogP contribution in [0.5, 0.6) is 5.75 Å². The first-order valence-electron chi connectivity index (χ1n) is 7.78. The second-order valence-corrected chi connectivity index (χ2v) is 5.41. The SMILES string of the molecule is I.NC(=NCc1ccc(OCC(F)(F)F)cc1)NCCc1ccccc1. The lowest BCUT2D eigenvalue weighted by Gasteiger charge is -2.09. The highest BCUT2D eigenvalue weighted by atomic mass is 127. The van der Waals surface area contributed by atoms with Crippen LogP contribution < -0.4 is 15.8 Å². The lowest BCUT2D eigenvalue weighted by Crippen LogP contribution is -2.33. The highest BCUT2D eigenvalue weighted by Crippen LogP contribution is 2.19. The molecule has 2 aromatic rings. The molecule has 26 heavy (non-hydrogen) atoms. The van der Waals surface area contributed by atoms with Gasteiger partial charge in [0.05, 0.1) is 6.54 Å². The molecule has 0 heterocycles. The summed E-state index contributed by atoms with van der Waals surface area (Å²) in [5, 5.41) is 3.03. The summed E-state index contributed by atoms with van der Waals surface area (Å²) in [4.78, 5) is 4.20. The van der Waals surface area contributed by atoms with E-state index in [1.807, 2.05) is 30.3 Å². The third kappa shape index (κ3) is 8.93. The predicted octanol–water partition coefficient (Wildman–Crippen LogP) is 3.89. The molecule has 0 saturated carbocycles. The van der Waals surface area contributed by atoms with Gasteiger partial charge in [-0.05, 0) is 29.7 Å². The maximum atomic E-state index is 12.1. The highest BCUT2D eigenvalue weighted by Gasteiger charge is 2.28. The van der Waals surface area contributed by atoms with Crippen molar-refractivity contribution in [1.29, 1.82) is 0 Å². The van der Waals surface area contributed by atoms with E-state index in [-0.39, 0.29) is 29.7 Å². The molecule has 2 aromatic carbocycles. The summed E-state index contributed by atoms with van der Waals surface area (Å²) in [6.45, 7) is -0.296. The zero-order valence-electron chi connectivity index (χ0n) is 14.0. The summed E-state index contributed by atoms with van der Waals surface area (Å²) >= 11 is 0. The van der Waals surface area contributed by atoms with Crippen molar-refractivity contribution in [3.05, 3.63) is 65.7 Å². The van der Waals surface area contributed by atoms with E-state index in [2.05, 4.69) is 15.0 Å². The van der Waals surface area contributed by atoms with Gasteiger partial charge in [0.25, 0.3) is 0 Å². The van der Waals surface area contributed by atoms with Crippen LogP contribution in [-0.2, 0) is 13.0 Å². The van der Waals surface area contributed by atoms with Crippen LogP contribution in [0.15, 0.2) is 59.6 Å². The summed E-state index contributed by atoms with van der Waals surface area (Å²) in [5.74, 6) is 0.493. The monoisotopic (exact) mass is 479 g/mol. The van der Waals surface area contributed by atoms with E-state index in [1.165, 1.54) is 17.7 Å². The van der Waals surface area contributed by atoms with Crippen LogP contribution in [0.25, 0.3) is 0 Å². The minimum atomic E-state index is -4.34. The van der Waals surface area contributed by atoms with Crippen LogP contribution in [0.2, 0.25) is 0 Å². The lowest BCUT2D eigenvalue weighted by atomic mass is 10.1. The molecule has 0 fully saturated rings. The first-order chi connectivity index (χ1) is 11.9. The van der Waals surface area contributed by atoms with Gasteiger partial charge in [-0.2, -0.15) is 13.2 Å². The Kier molecular flexibility index (Phi) is 9.25. The van der Waals surface area contributed by atoms with Gasteiger partial charge in [0.2, 0.25) is 0 Å². The van der Waals surface area contributed by atoms with Gasteiger partial charge in [0.1, 0.15) is 5.75 Å². The molecule has 0 spiro atoms.